The fraction of sp³-hybridized carbons (Fsp3) is 0.625. The minimum atomic E-state index is 0.265. The van der Waals surface area contributed by atoms with E-state index in [2.05, 4.69) is 37.1 Å². The van der Waals surface area contributed by atoms with Gasteiger partial charge in [-0.15, -0.1) is 0 Å². The summed E-state index contributed by atoms with van der Waals surface area (Å²) in [5, 5.41) is 4.30. The average molecular weight is 297 g/mol. The quantitative estimate of drug-likeness (QED) is 0.842. The molecule has 2 unspecified atom stereocenters. The van der Waals surface area contributed by atoms with E-state index in [4.69, 9.17) is 16.3 Å². The number of anilines is 1. The first-order chi connectivity index (χ1) is 9.63. The van der Waals surface area contributed by atoms with Crippen LogP contribution >= 0.6 is 11.6 Å². The molecule has 1 aromatic carbocycles. The van der Waals surface area contributed by atoms with Crippen LogP contribution in [-0.4, -0.2) is 31.8 Å². The van der Waals surface area contributed by atoms with E-state index >= 15 is 0 Å². The molecule has 1 aromatic rings. The third kappa shape index (κ3) is 3.66. The van der Waals surface area contributed by atoms with E-state index in [9.17, 15) is 0 Å². The van der Waals surface area contributed by atoms with Crippen LogP contribution in [0.25, 0.3) is 0 Å². The maximum atomic E-state index is 6.41. The van der Waals surface area contributed by atoms with E-state index in [1.165, 1.54) is 11.3 Å². The highest BCUT2D eigenvalue weighted by Crippen LogP contribution is 2.30. The van der Waals surface area contributed by atoms with Crippen LogP contribution in [0.1, 0.15) is 32.8 Å². The molecule has 20 heavy (non-hydrogen) atoms. The molecule has 3 nitrogen and oxygen atoms in total. The largest absolute Gasteiger partial charge is 0.375 e. The minimum absolute atomic E-state index is 0.265. The standard InChI is InChI=1S/C16H25ClN2O/c1-4-8-18-9-14-15(17)6-5-7-16(14)19-10-13(3)20-11-12(19)2/h5-7,12-13,18H,4,8-11H2,1-3H3. The second-order valence-electron chi connectivity index (χ2n) is 5.56. The Kier molecular flexibility index (Phi) is 5.70. The number of ether oxygens (including phenoxy) is 1. The summed E-state index contributed by atoms with van der Waals surface area (Å²) < 4.78 is 5.72. The molecule has 1 fully saturated rings. The van der Waals surface area contributed by atoms with Crippen molar-refractivity contribution >= 4 is 17.3 Å². The van der Waals surface area contributed by atoms with Gasteiger partial charge in [0.2, 0.25) is 0 Å². The topological polar surface area (TPSA) is 24.5 Å². The van der Waals surface area contributed by atoms with Crippen molar-refractivity contribution in [2.75, 3.05) is 24.6 Å². The second kappa shape index (κ2) is 7.30. The Morgan fingerprint density at radius 3 is 2.95 bits per heavy atom. The first-order valence-electron chi connectivity index (χ1n) is 7.49. The average Bonchev–Trinajstić information content (AvgIpc) is 2.43. The lowest BCUT2D eigenvalue weighted by atomic mass is 10.1. The van der Waals surface area contributed by atoms with E-state index in [1.54, 1.807) is 0 Å². The SMILES string of the molecule is CCCNCc1c(Cl)cccc1N1CC(C)OCC1C. The van der Waals surface area contributed by atoms with Crippen LogP contribution < -0.4 is 10.2 Å². The lowest BCUT2D eigenvalue weighted by molar-refractivity contribution is 0.0343. The molecule has 0 aromatic heterocycles. The van der Waals surface area contributed by atoms with Gasteiger partial charge in [-0.3, -0.25) is 0 Å². The summed E-state index contributed by atoms with van der Waals surface area (Å²) in [4.78, 5) is 2.42. The normalized spacial score (nSPS) is 23.1. The molecular weight excluding hydrogens is 272 g/mol. The fourth-order valence-corrected chi connectivity index (χ4v) is 2.86. The van der Waals surface area contributed by atoms with E-state index in [1.807, 2.05) is 12.1 Å². The lowest BCUT2D eigenvalue weighted by Crippen LogP contribution is -2.48. The Morgan fingerprint density at radius 2 is 2.20 bits per heavy atom. The van der Waals surface area contributed by atoms with Crippen molar-refractivity contribution in [2.45, 2.75) is 45.9 Å². The Balaban J connectivity index is 2.23. The Labute approximate surface area is 127 Å². The Bertz CT molecular complexity index is 438. The summed E-state index contributed by atoms with van der Waals surface area (Å²) in [5.41, 5.74) is 2.44. The Hall–Kier alpha value is -0.770. The third-order valence-corrected chi connectivity index (χ3v) is 4.09. The molecule has 0 saturated carbocycles. The van der Waals surface area contributed by atoms with Crippen LogP contribution in [0.3, 0.4) is 0 Å². The van der Waals surface area contributed by atoms with E-state index in [-0.39, 0.29) is 6.10 Å². The van der Waals surface area contributed by atoms with Crippen LogP contribution in [0.5, 0.6) is 0 Å². The van der Waals surface area contributed by atoms with Crippen LogP contribution in [0.2, 0.25) is 5.02 Å². The molecule has 0 amide bonds. The minimum Gasteiger partial charge on any atom is -0.375 e. The van der Waals surface area contributed by atoms with Crippen molar-refractivity contribution in [3.8, 4) is 0 Å². The number of rotatable bonds is 5. The molecule has 1 saturated heterocycles. The van der Waals surface area contributed by atoms with Crippen molar-refractivity contribution in [1.82, 2.24) is 5.32 Å². The second-order valence-corrected chi connectivity index (χ2v) is 5.97. The number of hydrogen-bond acceptors (Lipinski definition) is 3. The van der Waals surface area contributed by atoms with Crippen molar-refractivity contribution < 1.29 is 4.74 Å². The third-order valence-electron chi connectivity index (χ3n) is 3.74. The number of nitrogens with one attached hydrogen (secondary N) is 1. The summed E-state index contributed by atoms with van der Waals surface area (Å²) in [6.45, 7) is 10.0. The maximum absolute atomic E-state index is 6.41. The number of hydrogen-bond donors (Lipinski definition) is 1. The van der Waals surface area contributed by atoms with Gasteiger partial charge >= 0.3 is 0 Å². The molecule has 112 valence electrons. The first kappa shape index (κ1) is 15.6. The molecule has 1 heterocycles. The van der Waals surface area contributed by atoms with Gasteiger partial charge in [-0.1, -0.05) is 24.6 Å². The predicted molar refractivity (Wildman–Crippen MR) is 85.7 cm³/mol. The van der Waals surface area contributed by atoms with Gasteiger partial charge in [0, 0.05) is 35.4 Å². The highest BCUT2D eigenvalue weighted by atomic mass is 35.5. The summed E-state index contributed by atoms with van der Waals surface area (Å²) >= 11 is 6.41. The highest BCUT2D eigenvalue weighted by Gasteiger charge is 2.25. The van der Waals surface area contributed by atoms with Crippen molar-refractivity contribution in [3.05, 3.63) is 28.8 Å². The molecule has 1 N–H and O–H groups in total. The zero-order valence-electron chi connectivity index (χ0n) is 12.7. The molecule has 0 aliphatic carbocycles. The van der Waals surface area contributed by atoms with Crippen molar-refractivity contribution in [1.29, 1.82) is 0 Å². The number of morpholine rings is 1. The van der Waals surface area contributed by atoms with Gasteiger partial charge in [-0.2, -0.15) is 0 Å². The van der Waals surface area contributed by atoms with Gasteiger partial charge in [-0.05, 0) is 38.9 Å². The summed E-state index contributed by atoms with van der Waals surface area (Å²) in [6, 6.07) is 6.56. The zero-order chi connectivity index (χ0) is 14.5. The van der Waals surface area contributed by atoms with Gasteiger partial charge in [0.05, 0.1) is 12.7 Å². The summed E-state index contributed by atoms with van der Waals surface area (Å²) in [5.74, 6) is 0. The van der Waals surface area contributed by atoms with E-state index in [0.717, 1.165) is 37.7 Å². The van der Waals surface area contributed by atoms with Gasteiger partial charge in [0.1, 0.15) is 0 Å². The fourth-order valence-electron chi connectivity index (χ4n) is 2.62. The molecule has 4 heteroatoms. The number of benzene rings is 1. The van der Waals surface area contributed by atoms with E-state index in [0.29, 0.717) is 6.04 Å². The van der Waals surface area contributed by atoms with Crippen LogP contribution in [0, 0.1) is 0 Å². The van der Waals surface area contributed by atoms with Crippen molar-refractivity contribution in [3.63, 3.8) is 0 Å². The van der Waals surface area contributed by atoms with Gasteiger partial charge in [0.25, 0.3) is 0 Å². The molecule has 0 bridgehead atoms. The number of nitrogens with zero attached hydrogens (tertiary/aromatic N) is 1. The van der Waals surface area contributed by atoms with Crippen LogP contribution in [0.15, 0.2) is 18.2 Å². The van der Waals surface area contributed by atoms with E-state index < -0.39 is 0 Å². The van der Waals surface area contributed by atoms with Crippen LogP contribution in [0.4, 0.5) is 5.69 Å². The van der Waals surface area contributed by atoms with Gasteiger partial charge in [0.15, 0.2) is 0 Å². The van der Waals surface area contributed by atoms with Gasteiger partial charge < -0.3 is 15.0 Å². The van der Waals surface area contributed by atoms with Gasteiger partial charge in [-0.25, -0.2) is 0 Å². The molecule has 0 radical (unpaired) electrons. The lowest BCUT2D eigenvalue weighted by Gasteiger charge is -2.39. The summed E-state index contributed by atoms with van der Waals surface area (Å²) in [6.07, 6.45) is 1.40. The first-order valence-corrected chi connectivity index (χ1v) is 7.87. The molecule has 1 aliphatic heterocycles. The maximum Gasteiger partial charge on any atom is 0.0723 e. The predicted octanol–water partition coefficient (Wildman–Crippen LogP) is 3.45. The molecule has 2 atom stereocenters. The summed E-state index contributed by atoms with van der Waals surface area (Å²) in [7, 11) is 0. The van der Waals surface area contributed by atoms with Crippen molar-refractivity contribution in [2.24, 2.45) is 0 Å². The monoisotopic (exact) mass is 296 g/mol. The highest BCUT2D eigenvalue weighted by molar-refractivity contribution is 6.31. The zero-order valence-corrected chi connectivity index (χ0v) is 13.4. The number of halogens is 1. The molecule has 1 aliphatic rings. The molecule has 2 rings (SSSR count). The molecule has 0 spiro atoms. The smallest absolute Gasteiger partial charge is 0.0723 e. The molecular formula is C16H25ClN2O. The van der Waals surface area contributed by atoms with Crippen LogP contribution in [-0.2, 0) is 11.3 Å². The Morgan fingerprint density at radius 1 is 1.40 bits per heavy atom.